The van der Waals surface area contributed by atoms with E-state index in [4.69, 9.17) is 14.9 Å². The van der Waals surface area contributed by atoms with Gasteiger partial charge in [-0.1, -0.05) is 30.7 Å². The third kappa shape index (κ3) is 6.82. The van der Waals surface area contributed by atoms with Crippen LogP contribution >= 0.6 is 0 Å². The average Bonchev–Trinajstić information content (AvgIpc) is 2.40. The highest BCUT2D eigenvalue weighted by Gasteiger charge is 2.40. The monoisotopic (exact) mass is 322 g/mol. The van der Waals surface area contributed by atoms with Gasteiger partial charge in [-0.05, 0) is 44.6 Å². The molecule has 1 aliphatic rings. The Hall–Kier alpha value is -1.88. The van der Waals surface area contributed by atoms with Crippen molar-refractivity contribution in [1.29, 1.82) is 0 Å². The van der Waals surface area contributed by atoms with Gasteiger partial charge >= 0.3 is 11.9 Å². The molecule has 1 rings (SSSR count). The van der Waals surface area contributed by atoms with Crippen molar-refractivity contribution in [3.63, 3.8) is 0 Å². The second-order valence-electron chi connectivity index (χ2n) is 6.17. The van der Waals surface area contributed by atoms with Crippen molar-refractivity contribution in [3.05, 3.63) is 35.5 Å². The van der Waals surface area contributed by atoms with Crippen LogP contribution in [0.5, 0.6) is 0 Å². The van der Waals surface area contributed by atoms with Gasteiger partial charge in [0.15, 0.2) is 0 Å². The summed E-state index contributed by atoms with van der Waals surface area (Å²) in [6.07, 6.45) is 9.51. The van der Waals surface area contributed by atoms with Crippen LogP contribution in [0.25, 0.3) is 0 Å². The zero-order valence-corrected chi connectivity index (χ0v) is 14.0. The van der Waals surface area contributed by atoms with Crippen molar-refractivity contribution in [1.82, 2.24) is 0 Å². The molecule has 1 aliphatic heterocycles. The Labute approximate surface area is 137 Å². The van der Waals surface area contributed by atoms with Crippen LogP contribution in [-0.4, -0.2) is 34.9 Å². The van der Waals surface area contributed by atoms with Crippen LogP contribution in [0.3, 0.4) is 0 Å². The van der Waals surface area contributed by atoms with Gasteiger partial charge in [0.25, 0.3) is 0 Å². The van der Waals surface area contributed by atoms with Crippen molar-refractivity contribution in [2.24, 2.45) is 11.8 Å². The molecular formula is C18H26O5. The van der Waals surface area contributed by atoms with Crippen LogP contribution in [0, 0.1) is 11.8 Å². The number of hydrogen-bond donors (Lipinski definition) is 2. The first-order valence-corrected chi connectivity index (χ1v) is 7.90. The Bertz CT molecular complexity index is 516. The van der Waals surface area contributed by atoms with Crippen LogP contribution in [-0.2, 0) is 14.3 Å². The van der Waals surface area contributed by atoms with Crippen molar-refractivity contribution < 1.29 is 24.5 Å². The molecule has 0 saturated carbocycles. The first-order chi connectivity index (χ1) is 10.8. The maximum atomic E-state index is 11.0. The molecule has 3 atom stereocenters. The number of carbonyl (C=O) groups is 2. The van der Waals surface area contributed by atoms with Crippen LogP contribution in [0.2, 0.25) is 0 Å². The zero-order valence-electron chi connectivity index (χ0n) is 14.0. The Balaban J connectivity index is 2.33. The Morgan fingerprint density at radius 3 is 2.61 bits per heavy atom. The number of aliphatic hydroxyl groups is 1. The Kier molecular flexibility index (Phi) is 7.75. The summed E-state index contributed by atoms with van der Waals surface area (Å²) in [6.45, 7) is 5.72. The first kappa shape index (κ1) is 19.2. The first-order valence-electron chi connectivity index (χ1n) is 7.90. The quantitative estimate of drug-likeness (QED) is 0.295. The van der Waals surface area contributed by atoms with Gasteiger partial charge in [0.1, 0.15) is 12.0 Å². The standard InChI is InChI=1S/C18H26O5/c1-12(8-13(2)9-14(3)10-17(20)21)6-4-5-7-16-15(11-19)18(22)23-16/h4,6,9-10,12,15-16,19H,5,7-8,11H2,1-3H3,(H,20,21). The van der Waals surface area contributed by atoms with Gasteiger partial charge in [-0.2, -0.15) is 0 Å². The maximum absolute atomic E-state index is 11.0. The van der Waals surface area contributed by atoms with Gasteiger partial charge in [-0.15, -0.1) is 0 Å². The van der Waals surface area contributed by atoms with Gasteiger partial charge < -0.3 is 14.9 Å². The number of esters is 1. The smallest absolute Gasteiger partial charge is 0.328 e. The minimum atomic E-state index is -0.933. The molecule has 2 N–H and O–H groups in total. The second kappa shape index (κ2) is 9.30. The van der Waals surface area contributed by atoms with Gasteiger partial charge in [-0.25, -0.2) is 4.79 Å². The minimum Gasteiger partial charge on any atom is -0.478 e. The predicted molar refractivity (Wildman–Crippen MR) is 87.8 cm³/mol. The number of carboxylic acid groups (broad SMARTS) is 1. The fourth-order valence-electron chi connectivity index (χ4n) is 2.70. The highest BCUT2D eigenvalue weighted by Crippen LogP contribution is 2.26. The van der Waals surface area contributed by atoms with Crippen molar-refractivity contribution in [3.8, 4) is 0 Å². The summed E-state index contributed by atoms with van der Waals surface area (Å²) in [4.78, 5) is 21.6. The summed E-state index contributed by atoms with van der Waals surface area (Å²) < 4.78 is 4.99. The maximum Gasteiger partial charge on any atom is 0.328 e. The Morgan fingerprint density at radius 2 is 2.04 bits per heavy atom. The normalized spacial score (nSPS) is 23.6. The lowest BCUT2D eigenvalue weighted by Gasteiger charge is -2.33. The van der Waals surface area contributed by atoms with Gasteiger partial charge in [0.05, 0.1) is 6.61 Å². The number of rotatable bonds is 9. The molecule has 0 aromatic rings. The summed E-state index contributed by atoms with van der Waals surface area (Å²) in [5.41, 5.74) is 1.86. The molecule has 5 heteroatoms. The van der Waals surface area contributed by atoms with E-state index in [1.54, 1.807) is 6.92 Å². The lowest BCUT2D eigenvalue weighted by atomic mass is 9.93. The summed E-state index contributed by atoms with van der Waals surface area (Å²) >= 11 is 0. The van der Waals surface area contributed by atoms with E-state index < -0.39 is 5.97 Å². The lowest BCUT2D eigenvalue weighted by Crippen LogP contribution is -2.46. The number of aliphatic hydroxyl groups excluding tert-OH is 1. The molecular weight excluding hydrogens is 296 g/mol. The molecule has 0 bridgehead atoms. The topological polar surface area (TPSA) is 83.8 Å². The predicted octanol–water partition coefficient (Wildman–Crippen LogP) is 2.86. The molecule has 0 radical (unpaired) electrons. The summed E-state index contributed by atoms with van der Waals surface area (Å²) in [5, 5.41) is 17.7. The highest BCUT2D eigenvalue weighted by molar-refractivity contribution is 5.81. The number of carboxylic acids is 1. The van der Waals surface area contributed by atoms with Gasteiger partial charge in [0, 0.05) is 6.08 Å². The van der Waals surface area contributed by atoms with E-state index in [-0.39, 0.29) is 24.6 Å². The summed E-state index contributed by atoms with van der Waals surface area (Å²) in [6, 6.07) is 0. The van der Waals surface area contributed by atoms with E-state index >= 15 is 0 Å². The second-order valence-corrected chi connectivity index (χ2v) is 6.17. The molecule has 0 spiro atoms. The van der Waals surface area contributed by atoms with Crippen LogP contribution in [0.1, 0.15) is 40.0 Å². The van der Waals surface area contributed by atoms with E-state index in [1.807, 2.05) is 13.0 Å². The third-order valence-electron chi connectivity index (χ3n) is 3.77. The highest BCUT2D eigenvalue weighted by atomic mass is 16.6. The molecule has 128 valence electrons. The number of allylic oxidation sites excluding steroid dienone is 5. The largest absolute Gasteiger partial charge is 0.478 e. The fourth-order valence-corrected chi connectivity index (χ4v) is 2.70. The van der Waals surface area contributed by atoms with Crippen LogP contribution in [0.4, 0.5) is 0 Å². The zero-order chi connectivity index (χ0) is 17.4. The molecule has 0 aromatic carbocycles. The molecule has 23 heavy (non-hydrogen) atoms. The number of hydrogen-bond acceptors (Lipinski definition) is 4. The fraction of sp³-hybridized carbons (Fsp3) is 0.556. The van der Waals surface area contributed by atoms with Crippen LogP contribution < -0.4 is 0 Å². The van der Waals surface area contributed by atoms with Crippen molar-refractivity contribution >= 4 is 11.9 Å². The number of aliphatic carboxylic acids is 1. The number of cyclic esters (lactones) is 1. The van der Waals surface area contributed by atoms with Crippen molar-refractivity contribution in [2.75, 3.05) is 6.61 Å². The van der Waals surface area contributed by atoms with Gasteiger partial charge in [0.2, 0.25) is 0 Å². The lowest BCUT2D eigenvalue weighted by molar-refractivity contribution is -0.188. The molecule has 5 nitrogen and oxygen atoms in total. The van der Waals surface area contributed by atoms with E-state index in [1.165, 1.54) is 6.08 Å². The van der Waals surface area contributed by atoms with E-state index in [0.29, 0.717) is 5.92 Å². The van der Waals surface area contributed by atoms with Crippen molar-refractivity contribution in [2.45, 2.75) is 46.1 Å². The molecule has 1 heterocycles. The SMILES string of the molecule is CC(=CC(=O)O)C=C(C)CC(C)C=CCCC1OC(=O)C1CO. The molecule has 0 amide bonds. The molecule has 0 aromatic heterocycles. The van der Waals surface area contributed by atoms with E-state index in [2.05, 4.69) is 19.1 Å². The van der Waals surface area contributed by atoms with Gasteiger partial charge in [-0.3, -0.25) is 4.79 Å². The third-order valence-corrected chi connectivity index (χ3v) is 3.77. The molecule has 1 fully saturated rings. The minimum absolute atomic E-state index is 0.142. The summed E-state index contributed by atoms with van der Waals surface area (Å²) in [7, 11) is 0. The summed E-state index contributed by atoms with van der Waals surface area (Å²) in [5.74, 6) is -1.24. The van der Waals surface area contributed by atoms with E-state index in [0.717, 1.165) is 30.4 Å². The number of ether oxygens (including phenoxy) is 1. The molecule has 0 aliphatic carbocycles. The van der Waals surface area contributed by atoms with Crippen LogP contribution in [0.15, 0.2) is 35.5 Å². The molecule has 3 unspecified atom stereocenters. The molecule has 1 saturated heterocycles. The Morgan fingerprint density at radius 1 is 1.35 bits per heavy atom. The van der Waals surface area contributed by atoms with E-state index in [9.17, 15) is 9.59 Å². The number of carbonyl (C=O) groups excluding carboxylic acids is 1. The average molecular weight is 322 g/mol.